The molecule has 0 saturated carbocycles. The predicted octanol–water partition coefficient (Wildman–Crippen LogP) is 1.35. The highest BCUT2D eigenvalue weighted by molar-refractivity contribution is 5.43. The third kappa shape index (κ3) is 2.28. The molecule has 0 amide bonds. The zero-order valence-electron chi connectivity index (χ0n) is 8.51. The second-order valence-corrected chi connectivity index (χ2v) is 3.29. The Hall–Kier alpha value is -1.98. The summed E-state index contributed by atoms with van der Waals surface area (Å²) < 4.78 is 4.98. The van der Waals surface area contributed by atoms with Gasteiger partial charge in [-0.25, -0.2) is 9.97 Å². The van der Waals surface area contributed by atoms with Crippen LogP contribution in [0.3, 0.4) is 0 Å². The summed E-state index contributed by atoms with van der Waals surface area (Å²) >= 11 is 0. The van der Waals surface area contributed by atoms with Crippen molar-refractivity contribution in [2.45, 2.75) is 19.9 Å². The fraction of sp³-hybridized carbons (Fsp3) is 0.333. The van der Waals surface area contributed by atoms with Crippen molar-refractivity contribution in [2.24, 2.45) is 0 Å². The van der Waals surface area contributed by atoms with Gasteiger partial charge in [0.25, 0.3) is 0 Å². The van der Waals surface area contributed by atoms with Crippen LogP contribution in [0.5, 0.6) is 0 Å². The van der Waals surface area contributed by atoms with E-state index >= 15 is 0 Å². The zero-order chi connectivity index (χ0) is 10.7. The monoisotopic (exact) mass is 205 g/mol. The lowest BCUT2D eigenvalue weighted by Gasteiger charge is -2.01. The summed E-state index contributed by atoms with van der Waals surface area (Å²) in [7, 11) is 0. The van der Waals surface area contributed by atoms with E-state index in [4.69, 9.17) is 4.52 Å². The van der Waals surface area contributed by atoms with E-state index in [0.717, 1.165) is 0 Å². The zero-order valence-corrected chi connectivity index (χ0v) is 8.51. The number of aromatic nitrogens is 4. The third-order valence-electron chi connectivity index (χ3n) is 1.60. The third-order valence-corrected chi connectivity index (χ3v) is 1.60. The van der Waals surface area contributed by atoms with Crippen molar-refractivity contribution in [1.29, 1.82) is 0 Å². The van der Waals surface area contributed by atoms with Gasteiger partial charge >= 0.3 is 6.01 Å². The van der Waals surface area contributed by atoms with Gasteiger partial charge in [0.1, 0.15) is 0 Å². The van der Waals surface area contributed by atoms with Crippen molar-refractivity contribution >= 4 is 6.01 Å². The number of hydrogen-bond donors (Lipinski definition) is 1. The van der Waals surface area contributed by atoms with Gasteiger partial charge in [0.05, 0.1) is 0 Å². The summed E-state index contributed by atoms with van der Waals surface area (Å²) in [5.41, 5.74) is 0. The molecule has 6 nitrogen and oxygen atoms in total. The minimum atomic E-state index is 0.245. The Morgan fingerprint density at radius 2 is 1.93 bits per heavy atom. The number of hydrogen-bond acceptors (Lipinski definition) is 6. The number of nitrogens with zero attached hydrogens (tertiary/aromatic N) is 4. The average Bonchev–Trinajstić information content (AvgIpc) is 2.67. The molecule has 0 aliphatic heterocycles. The Kier molecular flexibility index (Phi) is 2.57. The summed E-state index contributed by atoms with van der Waals surface area (Å²) in [6.45, 7) is 3.98. The minimum Gasteiger partial charge on any atom is -0.336 e. The molecule has 1 N–H and O–H groups in total. The minimum absolute atomic E-state index is 0.245. The summed E-state index contributed by atoms with van der Waals surface area (Å²) in [6.07, 6.45) is 3.27. The summed E-state index contributed by atoms with van der Waals surface area (Å²) in [5, 5.41) is 6.76. The van der Waals surface area contributed by atoms with E-state index in [2.05, 4.69) is 25.4 Å². The van der Waals surface area contributed by atoms with Gasteiger partial charge in [-0.15, -0.1) is 0 Å². The molecule has 0 aliphatic carbocycles. The summed E-state index contributed by atoms with van der Waals surface area (Å²) in [4.78, 5) is 12.1. The van der Waals surface area contributed by atoms with Crippen LogP contribution in [-0.2, 0) is 0 Å². The number of anilines is 1. The predicted molar refractivity (Wildman–Crippen MR) is 54.1 cm³/mol. The molecule has 0 fully saturated rings. The molecule has 2 heterocycles. The van der Waals surface area contributed by atoms with E-state index in [1.807, 2.05) is 13.8 Å². The molecule has 78 valence electrons. The van der Waals surface area contributed by atoms with Crippen LogP contribution in [0.25, 0.3) is 11.6 Å². The van der Waals surface area contributed by atoms with Gasteiger partial charge in [0.15, 0.2) is 0 Å². The molecule has 0 unspecified atom stereocenters. The maximum Gasteiger partial charge on any atom is 0.322 e. The van der Waals surface area contributed by atoms with Crippen molar-refractivity contribution in [3.05, 3.63) is 18.5 Å². The van der Waals surface area contributed by atoms with E-state index in [0.29, 0.717) is 17.7 Å². The molecular weight excluding hydrogens is 194 g/mol. The van der Waals surface area contributed by atoms with Gasteiger partial charge in [0.2, 0.25) is 11.6 Å². The Balaban J connectivity index is 2.21. The van der Waals surface area contributed by atoms with Gasteiger partial charge in [-0.2, -0.15) is 4.98 Å². The second-order valence-electron chi connectivity index (χ2n) is 3.29. The molecular formula is C9H11N5O. The van der Waals surface area contributed by atoms with Crippen LogP contribution in [0.1, 0.15) is 13.8 Å². The van der Waals surface area contributed by atoms with Crippen LogP contribution in [0.2, 0.25) is 0 Å². The molecule has 2 aromatic rings. The number of rotatable bonds is 3. The van der Waals surface area contributed by atoms with Crippen LogP contribution in [-0.4, -0.2) is 26.2 Å². The lowest BCUT2D eigenvalue weighted by Crippen LogP contribution is -2.09. The first kappa shape index (κ1) is 9.57. The highest BCUT2D eigenvalue weighted by Crippen LogP contribution is 2.12. The van der Waals surface area contributed by atoms with Gasteiger partial charge in [-0.1, -0.05) is 5.16 Å². The Labute approximate surface area is 86.8 Å². The molecule has 0 radical (unpaired) electrons. The number of nitrogens with one attached hydrogen (secondary N) is 1. The smallest absolute Gasteiger partial charge is 0.322 e. The Bertz CT molecular complexity index is 425. The quantitative estimate of drug-likeness (QED) is 0.814. The molecule has 0 saturated heterocycles. The van der Waals surface area contributed by atoms with Gasteiger partial charge < -0.3 is 9.84 Å². The summed E-state index contributed by atoms with van der Waals surface area (Å²) in [6, 6.07) is 2.36. The van der Waals surface area contributed by atoms with E-state index in [9.17, 15) is 0 Å². The van der Waals surface area contributed by atoms with Gasteiger partial charge in [-0.05, 0) is 19.9 Å². The van der Waals surface area contributed by atoms with Crippen LogP contribution in [0.15, 0.2) is 23.0 Å². The lowest BCUT2D eigenvalue weighted by molar-refractivity contribution is 0.429. The largest absolute Gasteiger partial charge is 0.336 e. The fourth-order valence-corrected chi connectivity index (χ4v) is 1.03. The van der Waals surface area contributed by atoms with E-state index in [1.54, 1.807) is 18.5 Å². The second kappa shape index (κ2) is 4.04. The first-order valence-corrected chi connectivity index (χ1v) is 4.63. The molecule has 0 aromatic carbocycles. The van der Waals surface area contributed by atoms with E-state index in [-0.39, 0.29) is 6.04 Å². The highest BCUT2D eigenvalue weighted by atomic mass is 16.5. The molecule has 2 aromatic heterocycles. The van der Waals surface area contributed by atoms with Crippen molar-refractivity contribution in [3.8, 4) is 11.6 Å². The Morgan fingerprint density at radius 1 is 1.20 bits per heavy atom. The summed E-state index contributed by atoms with van der Waals surface area (Å²) in [5.74, 6) is 0.844. The maximum atomic E-state index is 4.98. The first-order chi connectivity index (χ1) is 7.25. The molecule has 0 spiro atoms. The molecule has 0 aliphatic rings. The first-order valence-electron chi connectivity index (χ1n) is 4.63. The van der Waals surface area contributed by atoms with E-state index < -0.39 is 0 Å². The SMILES string of the molecule is CC(C)Nc1nc(-c2ncccn2)no1. The highest BCUT2D eigenvalue weighted by Gasteiger charge is 2.10. The fourth-order valence-electron chi connectivity index (χ4n) is 1.03. The molecule has 2 rings (SSSR count). The van der Waals surface area contributed by atoms with Gasteiger partial charge in [-0.3, -0.25) is 0 Å². The van der Waals surface area contributed by atoms with Crippen molar-refractivity contribution in [1.82, 2.24) is 20.1 Å². The van der Waals surface area contributed by atoms with Crippen molar-refractivity contribution in [2.75, 3.05) is 5.32 Å². The van der Waals surface area contributed by atoms with Crippen LogP contribution < -0.4 is 5.32 Å². The average molecular weight is 205 g/mol. The normalized spacial score (nSPS) is 10.6. The van der Waals surface area contributed by atoms with Crippen molar-refractivity contribution in [3.63, 3.8) is 0 Å². The standard InChI is InChI=1S/C9H11N5O/c1-6(2)12-9-13-8(14-15-9)7-10-4-3-5-11-7/h3-6H,1-2H3,(H,12,13,14). The molecule has 0 atom stereocenters. The van der Waals surface area contributed by atoms with Crippen LogP contribution in [0.4, 0.5) is 6.01 Å². The molecule has 15 heavy (non-hydrogen) atoms. The molecule has 0 bridgehead atoms. The maximum absolute atomic E-state index is 4.98. The Morgan fingerprint density at radius 3 is 2.60 bits per heavy atom. The topological polar surface area (TPSA) is 76.7 Å². The lowest BCUT2D eigenvalue weighted by atomic mass is 10.4. The van der Waals surface area contributed by atoms with Crippen molar-refractivity contribution < 1.29 is 4.52 Å². The van der Waals surface area contributed by atoms with Crippen LogP contribution in [0, 0.1) is 0 Å². The molecule has 6 heteroatoms. The van der Waals surface area contributed by atoms with Crippen LogP contribution >= 0.6 is 0 Å². The van der Waals surface area contributed by atoms with E-state index in [1.165, 1.54) is 0 Å². The van der Waals surface area contributed by atoms with Gasteiger partial charge in [0, 0.05) is 18.4 Å².